The van der Waals surface area contributed by atoms with Crippen molar-refractivity contribution >= 4 is 17.5 Å². The summed E-state index contributed by atoms with van der Waals surface area (Å²) in [6, 6.07) is 13.9. The van der Waals surface area contributed by atoms with Crippen molar-refractivity contribution in [3.05, 3.63) is 60.5 Å². The number of nitrogens with one attached hydrogen (secondary N) is 2. The van der Waals surface area contributed by atoms with Crippen LogP contribution in [0.3, 0.4) is 0 Å². The molecular formula is C19H20FN5. The molecule has 0 aliphatic heterocycles. The van der Waals surface area contributed by atoms with Crippen LogP contribution in [0.25, 0.3) is 11.4 Å². The van der Waals surface area contributed by atoms with E-state index >= 15 is 0 Å². The Morgan fingerprint density at radius 3 is 2.52 bits per heavy atom. The second kappa shape index (κ2) is 7.70. The number of benzene rings is 1. The Balaban J connectivity index is 1.95. The van der Waals surface area contributed by atoms with Gasteiger partial charge in [0, 0.05) is 24.0 Å². The molecule has 1 aromatic carbocycles. The van der Waals surface area contributed by atoms with Crippen molar-refractivity contribution < 1.29 is 4.39 Å². The third-order valence-corrected chi connectivity index (χ3v) is 3.76. The van der Waals surface area contributed by atoms with E-state index in [-0.39, 0.29) is 11.9 Å². The number of rotatable bonds is 6. The quantitative estimate of drug-likeness (QED) is 0.686. The smallest absolute Gasteiger partial charge is 0.225 e. The van der Waals surface area contributed by atoms with Crippen LogP contribution in [-0.2, 0) is 0 Å². The van der Waals surface area contributed by atoms with Gasteiger partial charge in [0.2, 0.25) is 5.95 Å². The van der Waals surface area contributed by atoms with Crippen molar-refractivity contribution in [2.45, 2.75) is 26.3 Å². The van der Waals surface area contributed by atoms with Crippen LogP contribution in [-0.4, -0.2) is 21.0 Å². The zero-order valence-electron chi connectivity index (χ0n) is 14.2. The van der Waals surface area contributed by atoms with Gasteiger partial charge in [0.05, 0.1) is 11.4 Å². The molecule has 1 atom stereocenters. The molecule has 0 unspecified atom stereocenters. The molecule has 0 aliphatic carbocycles. The summed E-state index contributed by atoms with van der Waals surface area (Å²) in [5.74, 6) is 0.872. The van der Waals surface area contributed by atoms with E-state index in [2.05, 4.69) is 39.4 Å². The van der Waals surface area contributed by atoms with Crippen molar-refractivity contribution in [1.29, 1.82) is 0 Å². The van der Waals surface area contributed by atoms with Crippen LogP contribution >= 0.6 is 0 Å². The molecule has 6 heteroatoms. The summed E-state index contributed by atoms with van der Waals surface area (Å²) >= 11 is 0. The highest BCUT2D eigenvalue weighted by atomic mass is 19.1. The van der Waals surface area contributed by atoms with E-state index in [0.717, 1.165) is 17.8 Å². The highest BCUT2D eigenvalue weighted by Crippen LogP contribution is 2.23. The molecule has 2 N–H and O–H groups in total. The number of aromatic nitrogens is 3. The first kappa shape index (κ1) is 16.8. The Kier molecular flexibility index (Phi) is 5.18. The van der Waals surface area contributed by atoms with E-state index in [1.807, 2.05) is 24.3 Å². The minimum Gasteiger partial charge on any atom is -0.352 e. The van der Waals surface area contributed by atoms with Gasteiger partial charge in [-0.05, 0) is 49.7 Å². The number of anilines is 3. The molecule has 128 valence electrons. The predicted octanol–water partition coefficient (Wildman–Crippen LogP) is 4.63. The van der Waals surface area contributed by atoms with E-state index in [4.69, 9.17) is 0 Å². The molecular weight excluding hydrogens is 317 g/mol. The van der Waals surface area contributed by atoms with Gasteiger partial charge in [-0.3, -0.25) is 4.98 Å². The molecule has 0 fully saturated rings. The zero-order chi connectivity index (χ0) is 17.6. The molecule has 0 aliphatic rings. The lowest BCUT2D eigenvalue weighted by Crippen LogP contribution is -2.16. The lowest BCUT2D eigenvalue weighted by Gasteiger charge is -2.14. The Bertz CT molecular complexity index is 821. The van der Waals surface area contributed by atoms with E-state index in [9.17, 15) is 4.39 Å². The summed E-state index contributed by atoms with van der Waals surface area (Å²) in [6.07, 6.45) is 2.68. The standard InChI is InChI=1S/C19H20FN5/c1-3-13(2)22-19-24-17(16-6-4-5-11-21-16)12-18(25-19)23-15-9-7-14(20)8-10-15/h4-13H,3H2,1-2H3,(H2,22,23,24,25)/t13-/m1/s1. The van der Waals surface area contributed by atoms with E-state index in [1.165, 1.54) is 12.1 Å². The van der Waals surface area contributed by atoms with Crippen LogP contribution < -0.4 is 10.6 Å². The molecule has 3 aromatic rings. The van der Waals surface area contributed by atoms with Gasteiger partial charge in [-0.1, -0.05) is 13.0 Å². The molecule has 0 saturated carbocycles. The van der Waals surface area contributed by atoms with Crippen LogP contribution in [0.4, 0.5) is 21.8 Å². The average molecular weight is 337 g/mol. The third-order valence-electron chi connectivity index (χ3n) is 3.76. The second-order valence-corrected chi connectivity index (χ2v) is 5.76. The van der Waals surface area contributed by atoms with E-state index in [1.54, 1.807) is 18.3 Å². The number of halogens is 1. The fraction of sp³-hybridized carbons (Fsp3) is 0.211. The van der Waals surface area contributed by atoms with Gasteiger partial charge >= 0.3 is 0 Å². The van der Waals surface area contributed by atoms with Gasteiger partial charge in [-0.2, -0.15) is 4.98 Å². The molecule has 0 radical (unpaired) electrons. The van der Waals surface area contributed by atoms with Gasteiger partial charge in [0.15, 0.2) is 0 Å². The predicted molar refractivity (Wildman–Crippen MR) is 98.3 cm³/mol. The maximum Gasteiger partial charge on any atom is 0.225 e. The molecule has 25 heavy (non-hydrogen) atoms. The first-order chi connectivity index (χ1) is 12.1. The minimum absolute atomic E-state index is 0.248. The number of nitrogens with zero attached hydrogens (tertiary/aromatic N) is 3. The summed E-state index contributed by atoms with van der Waals surface area (Å²) in [4.78, 5) is 13.4. The fourth-order valence-corrected chi connectivity index (χ4v) is 2.22. The van der Waals surface area contributed by atoms with Gasteiger partial charge in [0.25, 0.3) is 0 Å². The largest absolute Gasteiger partial charge is 0.352 e. The van der Waals surface area contributed by atoms with Gasteiger partial charge < -0.3 is 10.6 Å². The zero-order valence-corrected chi connectivity index (χ0v) is 14.2. The Morgan fingerprint density at radius 2 is 1.84 bits per heavy atom. The van der Waals surface area contributed by atoms with Crippen molar-refractivity contribution in [2.24, 2.45) is 0 Å². The third kappa shape index (κ3) is 4.50. The number of hydrogen-bond acceptors (Lipinski definition) is 5. The Labute approximate surface area is 146 Å². The summed E-state index contributed by atoms with van der Waals surface area (Å²) in [6.45, 7) is 4.17. The number of hydrogen-bond donors (Lipinski definition) is 2. The summed E-state index contributed by atoms with van der Waals surface area (Å²) in [7, 11) is 0. The lowest BCUT2D eigenvalue weighted by molar-refractivity contribution is 0.628. The fourth-order valence-electron chi connectivity index (χ4n) is 2.22. The molecule has 0 saturated heterocycles. The Hall–Kier alpha value is -3.02. The normalized spacial score (nSPS) is 11.8. The van der Waals surface area contributed by atoms with Crippen molar-refractivity contribution in [1.82, 2.24) is 15.0 Å². The average Bonchev–Trinajstić information content (AvgIpc) is 2.64. The summed E-state index contributed by atoms with van der Waals surface area (Å²) in [5.41, 5.74) is 2.23. The second-order valence-electron chi connectivity index (χ2n) is 5.76. The number of pyridine rings is 1. The van der Waals surface area contributed by atoms with Crippen LogP contribution in [0, 0.1) is 5.82 Å². The molecule has 0 spiro atoms. The highest BCUT2D eigenvalue weighted by molar-refractivity contribution is 5.65. The summed E-state index contributed by atoms with van der Waals surface area (Å²) in [5, 5.41) is 6.47. The first-order valence-electron chi connectivity index (χ1n) is 8.23. The molecule has 2 aromatic heterocycles. The van der Waals surface area contributed by atoms with E-state index < -0.39 is 0 Å². The van der Waals surface area contributed by atoms with Gasteiger partial charge in [-0.15, -0.1) is 0 Å². The molecule has 5 nitrogen and oxygen atoms in total. The monoisotopic (exact) mass is 337 g/mol. The maximum atomic E-state index is 13.1. The van der Waals surface area contributed by atoms with Crippen LogP contribution in [0.2, 0.25) is 0 Å². The molecule has 3 rings (SSSR count). The van der Waals surface area contributed by atoms with Gasteiger partial charge in [0.1, 0.15) is 11.6 Å². The van der Waals surface area contributed by atoms with Gasteiger partial charge in [-0.25, -0.2) is 9.37 Å². The van der Waals surface area contributed by atoms with Crippen molar-refractivity contribution in [3.8, 4) is 11.4 Å². The summed E-state index contributed by atoms with van der Waals surface area (Å²) < 4.78 is 13.1. The maximum absolute atomic E-state index is 13.1. The SMILES string of the molecule is CC[C@@H](C)Nc1nc(Nc2ccc(F)cc2)cc(-c2ccccn2)n1. The molecule has 2 heterocycles. The molecule has 0 amide bonds. The van der Waals surface area contributed by atoms with Crippen molar-refractivity contribution in [3.63, 3.8) is 0 Å². The Morgan fingerprint density at radius 1 is 1.04 bits per heavy atom. The van der Waals surface area contributed by atoms with Crippen LogP contribution in [0.15, 0.2) is 54.7 Å². The lowest BCUT2D eigenvalue weighted by atomic mass is 10.2. The minimum atomic E-state index is -0.276. The van der Waals surface area contributed by atoms with Crippen LogP contribution in [0.5, 0.6) is 0 Å². The first-order valence-corrected chi connectivity index (χ1v) is 8.23. The topological polar surface area (TPSA) is 62.7 Å². The van der Waals surface area contributed by atoms with Crippen LogP contribution in [0.1, 0.15) is 20.3 Å². The van der Waals surface area contributed by atoms with Crippen molar-refractivity contribution in [2.75, 3.05) is 10.6 Å². The molecule has 0 bridgehead atoms. The highest BCUT2D eigenvalue weighted by Gasteiger charge is 2.10. The van der Waals surface area contributed by atoms with E-state index in [0.29, 0.717) is 17.5 Å².